The highest BCUT2D eigenvalue weighted by molar-refractivity contribution is 5.44. The molecule has 20 heavy (non-hydrogen) atoms. The summed E-state index contributed by atoms with van der Waals surface area (Å²) >= 11 is 0. The number of nitrogens with one attached hydrogen (secondary N) is 1. The van der Waals surface area contributed by atoms with E-state index in [2.05, 4.69) is 5.32 Å². The Hall–Kier alpha value is -2.14. The van der Waals surface area contributed by atoms with Gasteiger partial charge < -0.3 is 15.2 Å². The van der Waals surface area contributed by atoms with E-state index in [1.165, 1.54) is 6.07 Å². The van der Waals surface area contributed by atoms with Crippen LogP contribution in [0.4, 0.5) is 14.5 Å². The van der Waals surface area contributed by atoms with Gasteiger partial charge in [-0.25, -0.2) is 8.78 Å². The van der Waals surface area contributed by atoms with Gasteiger partial charge in [-0.15, -0.1) is 0 Å². The molecule has 0 aliphatic rings. The Kier molecular flexibility index (Phi) is 4.90. The third kappa shape index (κ3) is 4.20. The van der Waals surface area contributed by atoms with Crippen LogP contribution in [0.2, 0.25) is 0 Å². The zero-order valence-corrected chi connectivity index (χ0v) is 10.7. The molecular weight excluding hydrogens is 264 g/mol. The van der Waals surface area contributed by atoms with Crippen molar-refractivity contribution in [1.82, 2.24) is 0 Å². The molecule has 3 nitrogen and oxygen atoms in total. The molecule has 0 spiro atoms. The fourth-order valence-corrected chi connectivity index (χ4v) is 1.63. The number of ether oxygens (including phenoxy) is 1. The first-order valence-electron chi connectivity index (χ1n) is 6.20. The second-order valence-corrected chi connectivity index (χ2v) is 4.28. The Bertz CT molecular complexity index is 549. The number of hydrogen-bond acceptors (Lipinski definition) is 3. The Balaban J connectivity index is 1.79. The van der Waals surface area contributed by atoms with Gasteiger partial charge >= 0.3 is 0 Å². The van der Waals surface area contributed by atoms with Gasteiger partial charge in [-0.05, 0) is 24.3 Å². The summed E-state index contributed by atoms with van der Waals surface area (Å²) in [5.74, 6) is -0.679. The molecule has 0 bridgehead atoms. The number of aliphatic hydroxyl groups excluding tert-OH is 1. The molecule has 0 aromatic heterocycles. The van der Waals surface area contributed by atoms with Crippen molar-refractivity contribution in [2.75, 3.05) is 18.5 Å². The van der Waals surface area contributed by atoms with Crippen LogP contribution >= 0.6 is 0 Å². The van der Waals surface area contributed by atoms with Crippen molar-refractivity contribution >= 4 is 5.69 Å². The van der Waals surface area contributed by atoms with Crippen LogP contribution in [0.25, 0.3) is 0 Å². The highest BCUT2D eigenvalue weighted by Gasteiger charge is 2.08. The lowest BCUT2D eigenvalue weighted by atomic mass is 10.2. The van der Waals surface area contributed by atoms with Gasteiger partial charge in [0.15, 0.2) is 0 Å². The monoisotopic (exact) mass is 279 g/mol. The maximum Gasteiger partial charge on any atom is 0.149 e. The molecule has 2 rings (SSSR count). The van der Waals surface area contributed by atoms with Crippen molar-refractivity contribution in [2.24, 2.45) is 0 Å². The van der Waals surface area contributed by atoms with E-state index in [1.807, 2.05) is 18.2 Å². The lowest BCUT2D eigenvalue weighted by Gasteiger charge is -2.14. The van der Waals surface area contributed by atoms with Gasteiger partial charge in [0.05, 0.1) is 5.69 Å². The highest BCUT2D eigenvalue weighted by atomic mass is 19.1. The summed E-state index contributed by atoms with van der Waals surface area (Å²) < 4.78 is 31.4. The van der Waals surface area contributed by atoms with Crippen molar-refractivity contribution in [3.63, 3.8) is 0 Å². The van der Waals surface area contributed by atoms with Crippen molar-refractivity contribution in [3.8, 4) is 5.75 Å². The maximum absolute atomic E-state index is 13.3. The molecule has 5 heteroatoms. The van der Waals surface area contributed by atoms with Crippen LogP contribution in [0.3, 0.4) is 0 Å². The lowest BCUT2D eigenvalue weighted by Crippen LogP contribution is -2.26. The first kappa shape index (κ1) is 14.3. The Morgan fingerprint density at radius 3 is 2.55 bits per heavy atom. The SMILES string of the molecule is OC(CNc1ccc(F)cc1F)COc1ccccc1. The molecule has 0 fully saturated rings. The summed E-state index contributed by atoms with van der Waals surface area (Å²) in [5, 5.41) is 12.4. The second-order valence-electron chi connectivity index (χ2n) is 4.28. The Labute approximate surface area is 115 Å². The summed E-state index contributed by atoms with van der Waals surface area (Å²) in [6, 6.07) is 12.3. The predicted octanol–water partition coefficient (Wildman–Crippen LogP) is 2.82. The minimum atomic E-state index is -0.806. The van der Waals surface area contributed by atoms with E-state index < -0.39 is 17.7 Å². The van der Waals surface area contributed by atoms with Crippen molar-refractivity contribution in [3.05, 3.63) is 60.2 Å². The van der Waals surface area contributed by atoms with Gasteiger partial charge in [-0.2, -0.15) is 0 Å². The van der Waals surface area contributed by atoms with E-state index in [0.29, 0.717) is 5.75 Å². The summed E-state index contributed by atoms with van der Waals surface area (Å²) in [5.41, 5.74) is 0.144. The first-order valence-corrected chi connectivity index (χ1v) is 6.20. The van der Waals surface area contributed by atoms with E-state index in [1.54, 1.807) is 12.1 Å². The molecule has 106 valence electrons. The van der Waals surface area contributed by atoms with E-state index in [0.717, 1.165) is 12.1 Å². The molecular formula is C15H15F2NO2. The number of anilines is 1. The number of para-hydroxylation sites is 1. The Morgan fingerprint density at radius 1 is 1.10 bits per heavy atom. The van der Waals surface area contributed by atoms with E-state index in [-0.39, 0.29) is 18.8 Å². The quantitative estimate of drug-likeness (QED) is 0.854. The third-order valence-corrected chi connectivity index (χ3v) is 2.64. The molecule has 0 amide bonds. The molecule has 0 aliphatic carbocycles. The van der Waals surface area contributed by atoms with Crippen LogP contribution in [-0.4, -0.2) is 24.4 Å². The fraction of sp³-hybridized carbons (Fsp3) is 0.200. The maximum atomic E-state index is 13.3. The Morgan fingerprint density at radius 2 is 1.85 bits per heavy atom. The molecule has 0 aliphatic heterocycles. The lowest BCUT2D eigenvalue weighted by molar-refractivity contribution is 0.117. The summed E-state index contributed by atoms with van der Waals surface area (Å²) in [7, 11) is 0. The predicted molar refractivity (Wildman–Crippen MR) is 72.8 cm³/mol. The average molecular weight is 279 g/mol. The van der Waals surface area contributed by atoms with Gasteiger partial charge in [0.25, 0.3) is 0 Å². The van der Waals surface area contributed by atoms with Crippen LogP contribution in [-0.2, 0) is 0 Å². The van der Waals surface area contributed by atoms with Crippen LogP contribution in [0.5, 0.6) is 5.75 Å². The van der Waals surface area contributed by atoms with Crippen molar-refractivity contribution < 1.29 is 18.6 Å². The molecule has 2 aromatic carbocycles. The standard InChI is InChI=1S/C15H15F2NO2/c16-11-6-7-15(14(17)8-11)18-9-12(19)10-20-13-4-2-1-3-5-13/h1-8,12,18-19H,9-10H2. The largest absolute Gasteiger partial charge is 0.491 e. The van der Waals surface area contributed by atoms with Gasteiger partial charge in [0.2, 0.25) is 0 Å². The molecule has 1 unspecified atom stereocenters. The highest BCUT2D eigenvalue weighted by Crippen LogP contribution is 2.15. The van der Waals surface area contributed by atoms with Crippen LogP contribution in [0, 0.1) is 11.6 Å². The fourth-order valence-electron chi connectivity index (χ4n) is 1.63. The van der Waals surface area contributed by atoms with Gasteiger partial charge in [-0.1, -0.05) is 18.2 Å². The zero-order valence-electron chi connectivity index (χ0n) is 10.7. The summed E-state index contributed by atoms with van der Waals surface area (Å²) in [6.45, 7) is 0.190. The van der Waals surface area contributed by atoms with Gasteiger partial charge in [0, 0.05) is 12.6 Å². The minimum absolute atomic E-state index is 0.0832. The smallest absolute Gasteiger partial charge is 0.149 e. The number of aliphatic hydroxyl groups is 1. The van der Waals surface area contributed by atoms with Crippen molar-refractivity contribution in [1.29, 1.82) is 0 Å². The normalized spacial score (nSPS) is 11.9. The number of rotatable bonds is 6. The van der Waals surface area contributed by atoms with Gasteiger partial charge in [0.1, 0.15) is 30.1 Å². The number of halogens is 2. The molecule has 1 atom stereocenters. The molecule has 0 heterocycles. The third-order valence-electron chi connectivity index (χ3n) is 2.64. The van der Waals surface area contributed by atoms with Crippen LogP contribution < -0.4 is 10.1 Å². The number of hydrogen-bond donors (Lipinski definition) is 2. The van der Waals surface area contributed by atoms with Crippen LogP contribution in [0.1, 0.15) is 0 Å². The number of benzene rings is 2. The van der Waals surface area contributed by atoms with E-state index in [9.17, 15) is 13.9 Å². The molecule has 0 radical (unpaired) electrons. The molecule has 0 saturated heterocycles. The van der Waals surface area contributed by atoms with Gasteiger partial charge in [-0.3, -0.25) is 0 Å². The van der Waals surface area contributed by atoms with E-state index >= 15 is 0 Å². The molecule has 0 saturated carbocycles. The summed E-state index contributed by atoms with van der Waals surface area (Å²) in [4.78, 5) is 0. The average Bonchev–Trinajstić information content (AvgIpc) is 2.45. The minimum Gasteiger partial charge on any atom is -0.491 e. The zero-order chi connectivity index (χ0) is 14.4. The first-order chi connectivity index (χ1) is 9.65. The molecule has 2 N–H and O–H groups in total. The van der Waals surface area contributed by atoms with Crippen LogP contribution in [0.15, 0.2) is 48.5 Å². The molecule has 2 aromatic rings. The second kappa shape index (κ2) is 6.86. The van der Waals surface area contributed by atoms with E-state index in [4.69, 9.17) is 4.74 Å². The van der Waals surface area contributed by atoms with Crippen molar-refractivity contribution in [2.45, 2.75) is 6.10 Å². The summed E-state index contributed by atoms with van der Waals surface area (Å²) in [6.07, 6.45) is -0.806. The topological polar surface area (TPSA) is 41.5 Å².